The molecule has 0 unspecified atom stereocenters. The van der Waals surface area contributed by atoms with Gasteiger partial charge in [0, 0.05) is 6.20 Å². The van der Waals surface area contributed by atoms with Crippen molar-refractivity contribution in [3.8, 4) is 21.8 Å². The van der Waals surface area contributed by atoms with Gasteiger partial charge in [0.2, 0.25) is 9.84 Å². The van der Waals surface area contributed by atoms with E-state index in [0.717, 1.165) is 0 Å². The zero-order valence-electron chi connectivity index (χ0n) is 13.3. The average molecular weight is 383 g/mol. The fraction of sp³-hybridized carbons (Fsp3) is 0. The molecule has 0 atom stereocenters. The topological polar surface area (TPSA) is 115 Å². The fourth-order valence-electron chi connectivity index (χ4n) is 2.56. The third-order valence-electron chi connectivity index (χ3n) is 3.72. The number of nitrogens with two attached hydrogens (primary N) is 1. The molecule has 3 aromatic heterocycles. The summed E-state index contributed by atoms with van der Waals surface area (Å²) in [5.74, 6) is 0. The Morgan fingerprint density at radius 1 is 1.04 bits per heavy atom. The van der Waals surface area contributed by atoms with E-state index in [1.54, 1.807) is 30.5 Å². The van der Waals surface area contributed by atoms with E-state index in [1.165, 1.54) is 29.7 Å². The third kappa shape index (κ3) is 2.76. The van der Waals surface area contributed by atoms with Crippen molar-refractivity contribution in [3.63, 3.8) is 0 Å². The van der Waals surface area contributed by atoms with E-state index in [0.29, 0.717) is 27.0 Å². The highest BCUT2D eigenvalue weighted by Gasteiger charge is 2.27. The van der Waals surface area contributed by atoms with E-state index in [1.807, 2.05) is 12.1 Å². The van der Waals surface area contributed by atoms with Crippen molar-refractivity contribution in [1.29, 1.82) is 0 Å². The van der Waals surface area contributed by atoms with Crippen LogP contribution < -0.4 is 5.73 Å². The van der Waals surface area contributed by atoms with Crippen molar-refractivity contribution in [1.82, 2.24) is 20.2 Å². The first-order valence-corrected chi connectivity index (χ1v) is 9.89. The molecule has 3 N–H and O–H groups in total. The summed E-state index contributed by atoms with van der Waals surface area (Å²) in [5, 5.41) is 6.83. The SMILES string of the molecule is Nc1nc(-c2cn[nH]c2S(=O)(=O)c2ccccc2)c(-c2ccccn2)s1. The molecular weight excluding hydrogens is 370 g/mol. The van der Waals surface area contributed by atoms with Crippen molar-refractivity contribution in [3.05, 3.63) is 60.9 Å². The molecule has 7 nitrogen and oxygen atoms in total. The molecule has 4 rings (SSSR count). The summed E-state index contributed by atoms with van der Waals surface area (Å²) >= 11 is 1.25. The third-order valence-corrected chi connectivity index (χ3v) is 6.37. The first-order valence-electron chi connectivity index (χ1n) is 7.59. The van der Waals surface area contributed by atoms with Gasteiger partial charge in [-0.1, -0.05) is 35.6 Å². The average Bonchev–Trinajstić information content (AvgIpc) is 3.30. The van der Waals surface area contributed by atoms with Crippen molar-refractivity contribution >= 4 is 26.3 Å². The number of aromatic nitrogens is 4. The molecule has 0 amide bonds. The van der Waals surface area contributed by atoms with Gasteiger partial charge < -0.3 is 5.73 Å². The van der Waals surface area contributed by atoms with E-state index in [9.17, 15) is 8.42 Å². The Labute approximate surface area is 153 Å². The Hall–Kier alpha value is -3.04. The minimum absolute atomic E-state index is 0.0221. The highest BCUT2D eigenvalue weighted by molar-refractivity contribution is 7.91. The highest BCUT2D eigenvalue weighted by atomic mass is 32.2. The van der Waals surface area contributed by atoms with Gasteiger partial charge in [0.1, 0.15) is 0 Å². The summed E-state index contributed by atoms with van der Waals surface area (Å²) in [6, 6.07) is 13.6. The zero-order chi connectivity index (χ0) is 18.1. The van der Waals surface area contributed by atoms with E-state index >= 15 is 0 Å². The van der Waals surface area contributed by atoms with Gasteiger partial charge in [-0.3, -0.25) is 10.1 Å². The van der Waals surface area contributed by atoms with E-state index in [2.05, 4.69) is 20.2 Å². The van der Waals surface area contributed by atoms with Crippen LogP contribution in [0.4, 0.5) is 5.13 Å². The van der Waals surface area contributed by atoms with Gasteiger partial charge >= 0.3 is 0 Å². The van der Waals surface area contributed by atoms with Gasteiger partial charge in [0.15, 0.2) is 10.2 Å². The number of nitrogens with one attached hydrogen (secondary N) is 1. The number of H-pyrrole nitrogens is 1. The number of benzene rings is 1. The molecule has 3 heterocycles. The van der Waals surface area contributed by atoms with Gasteiger partial charge in [-0.25, -0.2) is 13.4 Å². The first-order chi connectivity index (χ1) is 12.6. The number of hydrogen-bond acceptors (Lipinski definition) is 7. The number of thiazole rings is 1. The van der Waals surface area contributed by atoms with Crippen LogP contribution in [0.25, 0.3) is 21.8 Å². The summed E-state index contributed by atoms with van der Waals surface area (Å²) < 4.78 is 26.0. The zero-order valence-corrected chi connectivity index (χ0v) is 15.0. The molecule has 0 spiro atoms. The predicted molar refractivity (Wildman–Crippen MR) is 99.2 cm³/mol. The molecular formula is C17H13N5O2S2. The minimum Gasteiger partial charge on any atom is -0.375 e. The lowest BCUT2D eigenvalue weighted by Crippen LogP contribution is -2.04. The van der Waals surface area contributed by atoms with Gasteiger partial charge in [0.05, 0.1) is 32.9 Å². The van der Waals surface area contributed by atoms with Crippen LogP contribution in [-0.2, 0) is 9.84 Å². The number of aromatic amines is 1. The van der Waals surface area contributed by atoms with Gasteiger partial charge in [-0.2, -0.15) is 5.10 Å². The van der Waals surface area contributed by atoms with Crippen LogP contribution in [0.3, 0.4) is 0 Å². The predicted octanol–water partition coefficient (Wildman–Crippen LogP) is 3.01. The maximum Gasteiger partial charge on any atom is 0.223 e. The van der Waals surface area contributed by atoms with Gasteiger partial charge in [-0.15, -0.1) is 0 Å². The summed E-state index contributed by atoms with van der Waals surface area (Å²) in [5.41, 5.74) is 7.36. The molecule has 0 bridgehead atoms. The largest absolute Gasteiger partial charge is 0.375 e. The number of nitrogen functional groups attached to an aromatic ring is 1. The molecule has 0 radical (unpaired) electrons. The summed E-state index contributed by atoms with van der Waals surface area (Å²) in [6.07, 6.45) is 3.10. The van der Waals surface area contributed by atoms with E-state index in [4.69, 9.17) is 5.73 Å². The Morgan fingerprint density at radius 2 is 1.81 bits per heavy atom. The lowest BCUT2D eigenvalue weighted by Gasteiger charge is -2.05. The monoisotopic (exact) mass is 383 g/mol. The fourth-order valence-corrected chi connectivity index (χ4v) is 4.74. The van der Waals surface area contributed by atoms with Crippen LogP contribution in [0.2, 0.25) is 0 Å². The molecule has 4 aromatic rings. The molecule has 130 valence electrons. The maximum atomic E-state index is 13.0. The smallest absolute Gasteiger partial charge is 0.223 e. The lowest BCUT2D eigenvalue weighted by molar-refractivity contribution is 0.592. The van der Waals surface area contributed by atoms with Crippen LogP contribution in [0.5, 0.6) is 0 Å². The van der Waals surface area contributed by atoms with Gasteiger partial charge in [-0.05, 0) is 24.3 Å². The van der Waals surface area contributed by atoms with Crippen LogP contribution in [0.1, 0.15) is 0 Å². The van der Waals surface area contributed by atoms with Crippen LogP contribution in [0, 0.1) is 0 Å². The number of rotatable bonds is 4. The number of nitrogens with zero attached hydrogens (tertiary/aromatic N) is 3. The van der Waals surface area contributed by atoms with E-state index < -0.39 is 9.84 Å². The number of anilines is 1. The summed E-state index contributed by atoms with van der Waals surface area (Å²) in [7, 11) is -3.78. The normalized spacial score (nSPS) is 11.5. The Balaban J connectivity index is 1.90. The van der Waals surface area contributed by atoms with Crippen LogP contribution in [-0.4, -0.2) is 28.6 Å². The minimum atomic E-state index is -3.78. The van der Waals surface area contributed by atoms with Gasteiger partial charge in [0.25, 0.3) is 0 Å². The Morgan fingerprint density at radius 3 is 2.54 bits per heavy atom. The molecule has 0 aliphatic carbocycles. The standard InChI is InChI=1S/C17H13N5O2S2/c18-17-21-14(15(25-17)13-8-4-5-9-19-13)12-10-20-22-16(12)26(23,24)11-6-2-1-3-7-11/h1-10H,(H2,18,21)(H,20,22). The first kappa shape index (κ1) is 16.4. The van der Waals surface area contributed by atoms with Crippen molar-refractivity contribution < 1.29 is 8.42 Å². The second-order valence-electron chi connectivity index (χ2n) is 5.37. The highest BCUT2D eigenvalue weighted by Crippen LogP contribution is 2.39. The van der Waals surface area contributed by atoms with Crippen molar-refractivity contribution in [2.45, 2.75) is 9.92 Å². The number of hydrogen-bond donors (Lipinski definition) is 2. The second-order valence-corrected chi connectivity index (χ2v) is 8.29. The summed E-state index contributed by atoms with van der Waals surface area (Å²) in [4.78, 5) is 9.51. The molecule has 1 aromatic carbocycles. The molecule has 26 heavy (non-hydrogen) atoms. The van der Waals surface area contributed by atoms with Crippen LogP contribution >= 0.6 is 11.3 Å². The van der Waals surface area contributed by atoms with Crippen molar-refractivity contribution in [2.75, 3.05) is 5.73 Å². The molecule has 9 heteroatoms. The molecule has 0 saturated heterocycles. The van der Waals surface area contributed by atoms with Crippen LogP contribution in [0.15, 0.2) is 70.8 Å². The molecule has 0 fully saturated rings. The summed E-state index contributed by atoms with van der Waals surface area (Å²) in [6.45, 7) is 0. The lowest BCUT2D eigenvalue weighted by atomic mass is 10.2. The molecule has 0 saturated carbocycles. The van der Waals surface area contributed by atoms with E-state index in [-0.39, 0.29) is 9.92 Å². The number of pyridine rings is 1. The van der Waals surface area contributed by atoms with Crippen molar-refractivity contribution in [2.24, 2.45) is 0 Å². The Bertz CT molecular complexity index is 1150. The molecule has 0 aliphatic rings. The molecule has 0 aliphatic heterocycles. The quantitative estimate of drug-likeness (QED) is 0.560. The second kappa shape index (κ2) is 6.36. The Kier molecular flexibility index (Phi) is 4.02. The maximum absolute atomic E-state index is 13.0. The number of sulfone groups is 1.